The summed E-state index contributed by atoms with van der Waals surface area (Å²) < 4.78 is 5.07. The third-order valence-electron chi connectivity index (χ3n) is 3.39. The van der Waals surface area contributed by atoms with Gasteiger partial charge in [-0.15, -0.1) is 0 Å². The predicted octanol–water partition coefficient (Wildman–Crippen LogP) is 1.94. The molecule has 3 rings (SSSR count). The molecule has 122 valence electrons. The van der Waals surface area contributed by atoms with Crippen LogP contribution in [0.5, 0.6) is 5.75 Å². The van der Waals surface area contributed by atoms with Gasteiger partial charge in [-0.2, -0.15) is 0 Å². The number of nitrogens with zero attached hydrogens (tertiary/aromatic N) is 1. The Morgan fingerprint density at radius 2 is 2.00 bits per heavy atom. The number of amides is 2. The van der Waals surface area contributed by atoms with Crippen molar-refractivity contribution in [2.24, 2.45) is 0 Å². The zero-order valence-corrected chi connectivity index (χ0v) is 13.0. The van der Waals surface area contributed by atoms with E-state index in [1.54, 1.807) is 24.3 Å². The van der Waals surface area contributed by atoms with Gasteiger partial charge >= 0.3 is 0 Å². The van der Waals surface area contributed by atoms with Gasteiger partial charge in [0.15, 0.2) is 0 Å². The highest BCUT2D eigenvalue weighted by Crippen LogP contribution is 2.13. The molecule has 0 bridgehead atoms. The summed E-state index contributed by atoms with van der Waals surface area (Å²) in [6, 6.07) is 14.1. The van der Waals surface area contributed by atoms with Crippen molar-refractivity contribution in [3.05, 3.63) is 54.1 Å². The van der Waals surface area contributed by atoms with Crippen molar-refractivity contribution in [2.45, 2.75) is 0 Å². The van der Waals surface area contributed by atoms with Crippen LogP contribution < -0.4 is 15.4 Å². The maximum Gasteiger partial charge on any atom is 0.251 e. The van der Waals surface area contributed by atoms with E-state index in [4.69, 9.17) is 4.74 Å². The highest BCUT2D eigenvalue weighted by molar-refractivity contribution is 5.99. The van der Waals surface area contributed by atoms with Gasteiger partial charge in [-0.25, -0.2) is 4.98 Å². The minimum atomic E-state index is -0.370. The third-order valence-corrected chi connectivity index (χ3v) is 3.39. The smallest absolute Gasteiger partial charge is 0.251 e. The van der Waals surface area contributed by atoms with Crippen LogP contribution in [0.1, 0.15) is 10.4 Å². The molecule has 0 radical (unpaired) electrons. The Labute approximate surface area is 138 Å². The van der Waals surface area contributed by atoms with E-state index in [-0.39, 0.29) is 18.4 Å². The first-order valence-electron chi connectivity index (χ1n) is 7.32. The molecule has 0 saturated heterocycles. The number of hydrogen-bond donors (Lipinski definition) is 3. The number of para-hydroxylation sites is 2. The van der Waals surface area contributed by atoms with Crippen molar-refractivity contribution in [3.8, 4) is 5.75 Å². The first kappa shape index (κ1) is 15.5. The molecule has 1 aromatic heterocycles. The monoisotopic (exact) mass is 324 g/mol. The predicted molar refractivity (Wildman–Crippen MR) is 90.1 cm³/mol. The van der Waals surface area contributed by atoms with Crippen LogP contribution >= 0.6 is 0 Å². The van der Waals surface area contributed by atoms with E-state index >= 15 is 0 Å². The fourth-order valence-corrected chi connectivity index (χ4v) is 2.22. The van der Waals surface area contributed by atoms with Gasteiger partial charge in [0, 0.05) is 5.56 Å². The first-order valence-corrected chi connectivity index (χ1v) is 7.32. The van der Waals surface area contributed by atoms with Crippen LogP contribution in [0, 0.1) is 0 Å². The average Bonchev–Trinajstić information content (AvgIpc) is 3.01. The molecule has 3 N–H and O–H groups in total. The van der Waals surface area contributed by atoms with Crippen molar-refractivity contribution in [1.29, 1.82) is 0 Å². The number of benzene rings is 2. The molecule has 0 fully saturated rings. The Kier molecular flexibility index (Phi) is 4.42. The Morgan fingerprint density at radius 3 is 2.79 bits per heavy atom. The number of rotatable bonds is 5. The van der Waals surface area contributed by atoms with Crippen LogP contribution in [0.15, 0.2) is 48.5 Å². The fourth-order valence-electron chi connectivity index (χ4n) is 2.22. The summed E-state index contributed by atoms with van der Waals surface area (Å²) in [4.78, 5) is 31.2. The zero-order valence-electron chi connectivity index (χ0n) is 13.0. The number of aromatic nitrogens is 2. The molecule has 2 aromatic carbocycles. The molecular formula is C17H16N4O3. The number of fused-ring (bicyclic) bond motifs is 1. The summed E-state index contributed by atoms with van der Waals surface area (Å²) in [7, 11) is 1.53. The minimum absolute atomic E-state index is 0.160. The number of aromatic amines is 1. The van der Waals surface area contributed by atoms with Gasteiger partial charge in [0.2, 0.25) is 11.9 Å². The highest BCUT2D eigenvalue weighted by atomic mass is 16.5. The number of carbonyl (C=O) groups is 2. The molecule has 0 saturated carbocycles. The number of carbonyl (C=O) groups excluding carboxylic acids is 2. The quantitative estimate of drug-likeness (QED) is 0.668. The number of methoxy groups -OCH3 is 1. The third kappa shape index (κ3) is 3.52. The molecule has 0 spiro atoms. The molecule has 7 nitrogen and oxygen atoms in total. The normalized spacial score (nSPS) is 10.4. The molecule has 0 aliphatic carbocycles. The molecule has 0 atom stereocenters. The number of H-pyrrole nitrogens is 1. The fraction of sp³-hybridized carbons (Fsp3) is 0.118. The summed E-state index contributed by atoms with van der Waals surface area (Å²) in [6.07, 6.45) is 0. The zero-order chi connectivity index (χ0) is 16.9. The van der Waals surface area contributed by atoms with Crippen molar-refractivity contribution in [3.63, 3.8) is 0 Å². The van der Waals surface area contributed by atoms with Crippen molar-refractivity contribution in [2.75, 3.05) is 19.0 Å². The van der Waals surface area contributed by atoms with Gasteiger partial charge in [0.05, 0.1) is 24.7 Å². The summed E-state index contributed by atoms with van der Waals surface area (Å²) in [5.74, 6) is 0.199. The molecule has 24 heavy (non-hydrogen) atoms. The minimum Gasteiger partial charge on any atom is -0.497 e. The van der Waals surface area contributed by atoms with E-state index < -0.39 is 0 Å². The first-order chi connectivity index (χ1) is 11.7. The van der Waals surface area contributed by atoms with Crippen LogP contribution in [0.4, 0.5) is 5.95 Å². The molecule has 2 amide bonds. The van der Waals surface area contributed by atoms with Gasteiger partial charge in [-0.05, 0) is 30.3 Å². The molecular weight excluding hydrogens is 308 g/mol. The van der Waals surface area contributed by atoms with Crippen LogP contribution in [0.3, 0.4) is 0 Å². The van der Waals surface area contributed by atoms with E-state index in [9.17, 15) is 9.59 Å². The van der Waals surface area contributed by atoms with Gasteiger partial charge in [0.1, 0.15) is 5.75 Å². The van der Waals surface area contributed by atoms with Gasteiger partial charge in [-0.3, -0.25) is 14.9 Å². The van der Waals surface area contributed by atoms with Gasteiger partial charge in [0.25, 0.3) is 5.91 Å². The van der Waals surface area contributed by atoms with E-state index in [0.717, 1.165) is 11.0 Å². The largest absolute Gasteiger partial charge is 0.497 e. The summed E-state index contributed by atoms with van der Waals surface area (Å²) in [6.45, 7) is -0.160. The van der Waals surface area contributed by atoms with Crippen LogP contribution in [0.25, 0.3) is 11.0 Å². The lowest BCUT2D eigenvalue weighted by Crippen LogP contribution is -2.33. The second kappa shape index (κ2) is 6.82. The average molecular weight is 324 g/mol. The Balaban J connectivity index is 1.57. The van der Waals surface area contributed by atoms with Crippen LogP contribution in [-0.4, -0.2) is 35.4 Å². The second-order valence-electron chi connectivity index (χ2n) is 5.07. The molecule has 0 unspecified atom stereocenters. The summed E-state index contributed by atoms with van der Waals surface area (Å²) in [5, 5.41) is 5.17. The molecule has 1 heterocycles. The summed E-state index contributed by atoms with van der Waals surface area (Å²) in [5.41, 5.74) is 2.01. The Hall–Kier alpha value is -3.35. The standard InChI is InChI=1S/C17H16N4O3/c1-24-12-6-4-5-11(9-12)16(23)18-10-15(22)21-17-19-13-7-2-3-8-14(13)20-17/h2-9H,10H2,1H3,(H,18,23)(H2,19,20,21,22). The number of anilines is 1. The Bertz CT molecular complexity index is 855. The lowest BCUT2D eigenvalue weighted by atomic mass is 10.2. The number of ether oxygens (including phenoxy) is 1. The second-order valence-corrected chi connectivity index (χ2v) is 5.07. The van der Waals surface area contributed by atoms with Crippen LogP contribution in [-0.2, 0) is 4.79 Å². The van der Waals surface area contributed by atoms with Gasteiger partial charge < -0.3 is 15.0 Å². The van der Waals surface area contributed by atoms with E-state index in [2.05, 4.69) is 20.6 Å². The molecule has 0 aliphatic heterocycles. The summed E-state index contributed by atoms with van der Waals surface area (Å²) >= 11 is 0. The molecule has 0 aliphatic rings. The van der Waals surface area contributed by atoms with Crippen molar-refractivity contribution < 1.29 is 14.3 Å². The van der Waals surface area contributed by atoms with Gasteiger partial charge in [-0.1, -0.05) is 18.2 Å². The maximum absolute atomic E-state index is 12.0. The van der Waals surface area contributed by atoms with Crippen molar-refractivity contribution in [1.82, 2.24) is 15.3 Å². The lowest BCUT2D eigenvalue weighted by molar-refractivity contribution is -0.115. The van der Waals surface area contributed by atoms with Crippen LogP contribution in [0.2, 0.25) is 0 Å². The van der Waals surface area contributed by atoms with Crippen molar-refractivity contribution >= 4 is 28.8 Å². The highest BCUT2D eigenvalue weighted by Gasteiger charge is 2.10. The SMILES string of the molecule is COc1cccc(C(=O)NCC(=O)Nc2nc3ccccc3[nH]2)c1. The van der Waals surface area contributed by atoms with E-state index in [1.165, 1.54) is 7.11 Å². The molecule has 3 aromatic rings. The Morgan fingerprint density at radius 1 is 1.17 bits per heavy atom. The van der Waals surface area contributed by atoms with E-state index in [0.29, 0.717) is 17.3 Å². The number of hydrogen-bond acceptors (Lipinski definition) is 4. The number of imidazole rings is 1. The van der Waals surface area contributed by atoms with E-state index in [1.807, 2.05) is 24.3 Å². The maximum atomic E-state index is 12.0. The number of nitrogens with one attached hydrogen (secondary N) is 3. The lowest BCUT2D eigenvalue weighted by Gasteiger charge is -2.06. The molecule has 7 heteroatoms. The topological polar surface area (TPSA) is 96.1 Å².